The third-order valence-corrected chi connectivity index (χ3v) is 8.19. The zero-order valence-electron chi connectivity index (χ0n) is 25.8. The van der Waals surface area contributed by atoms with E-state index in [0.717, 1.165) is 22.3 Å². The van der Waals surface area contributed by atoms with Crippen LogP contribution in [0.5, 0.6) is 0 Å². The minimum absolute atomic E-state index is 0.00202. The Morgan fingerprint density at radius 3 is 1.19 bits per heavy atom. The van der Waals surface area contributed by atoms with Crippen molar-refractivity contribution in [1.82, 2.24) is 0 Å². The molecule has 4 N–H and O–H groups in total. The van der Waals surface area contributed by atoms with Gasteiger partial charge >= 0.3 is 0 Å². The van der Waals surface area contributed by atoms with Crippen LogP contribution in [0.1, 0.15) is 22.3 Å². The molecule has 0 amide bonds. The summed E-state index contributed by atoms with van der Waals surface area (Å²) in [5, 5.41) is 47.6. The van der Waals surface area contributed by atoms with E-state index in [2.05, 4.69) is 0 Å². The molecule has 236 valence electrons. The average Bonchev–Trinajstić information content (AvgIpc) is 3.12. The van der Waals surface area contributed by atoms with Crippen LogP contribution < -0.4 is 0 Å². The van der Waals surface area contributed by atoms with Gasteiger partial charge in [-0.05, 0) is 33.9 Å². The van der Waals surface area contributed by atoms with Gasteiger partial charge in [0.05, 0.1) is 23.7 Å². The number of carbonyl (C=O) groups excluding carboxylic acids is 1. The van der Waals surface area contributed by atoms with Gasteiger partial charge in [0.1, 0.15) is 6.10 Å². The van der Waals surface area contributed by atoms with Gasteiger partial charge in [0.25, 0.3) is 0 Å². The second-order valence-corrected chi connectivity index (χ2v) is 11.3. The summed E-state index contributed by atoms with van der Waals surface area (Å²) in [6.07, 6.45) is 9.77. The number of hydrogen-bond donors (Lipinski definition) is 4. The number of aliphatic hydroxyl groups is 4. The van der Waals surface area contributed by atoms with Gasteiger partial charge in [0.2, 0.25) is 0 Å². The van der Waals surface area contributed by atoms with E-state index in [1.54, 1.807) is 24.3 Å². The molecule has 0 spiro atoms. The molecule has 4 unspecified atom stereocenters. The first-order chi connectivity index (χ1) is 22.9. The summed E-state index contributed by atoms with van der Waals surface area (Å²) in [5.74, 6) is -0.536. The zero-order valence-corrected chi connectivity index (χ0v) is 25.8. The first kappa shape index (κ1) is 33.2. The second-order valence-electron chi connectivity index (χ2n) is 11.3. The highest BCUT2D eigenvalue weighted by Crippen LogP contribution is 2.46. The summed E-state index contributed by atoms with van der Waals surface area (Å²) in [6.45, 7) is 0. The molecule has 47 heavy (non-hydrogen) atoms. The van der Waals surface area contributed by atoms with Crippen LogP contribution in [0.3, 0.4) is 0 Å². The third-order valence-electron chi connectivity index (χ3n) is 8.19. The molecule has 5 rings (SSSR count). The number of rotatable bonds is 12. The Bertz CT molecular complexity index is 1730. The predicted molar refractivity (Wildman–Crippen MR) is 190 cm³/mol. The molecule has 4 aromatic carbocycles. The number of ketones is 1. The Labute approximate surface area is 275 Å². The molecule has 0 saturated heterocycles. The van der Waals surface area contributed by atoms with Crippen molar-refractivity contribution in [1.29, 1.82) is 0 Å². The molecule has 0 aliphatic heterocycles. The summed E-state index contributed by atoms with van der Waals surface area (Å²) in [5.41, 5.74) is 1.36. The van der Waals surface area contributed by atoms with Crippen molar-refractivity contribution in [3.63, 3.8) is 0 Å². The fraction of sp³-hybridized carbons (Fsp3) is 0.119. The average molecular weight is 623 g/mol. The van der Waals surface area contributed by atoms with Crippen LogP contribution in [0.2, 0.25) is 0 Å². The smallest absolute Gasteiger partial charge is 0.184 e. The molecule has 5 nitrogen and oxygen atoms in total. The lowest BCUT2D eigenvalue weighted by atomic mass is 9.63. The highest BCUT2D eigenvalue weighted by Gasteiger charge is 2.50. The molecular weight excluding hydrogens is 584 g/mol. The Hall–Kier alpha value is -5.17. The number of allylic oxidation sites excluding steroid dienone is 1. The number of aliphatic hydroxyl groups excluding tert-OH is 4. The number of carbonyl (C=O) groups is 1. The molecular formula is C42H38O5. The normalized spacial score (nSPS) is 19.6. The summed E-state index contributed by atoms with van der Waals surface area (Å²) in [6, 6.07) is 37.4. The molecule has 4 aromatic rings. The van der Waals surface area contributed by atoms with Crippen molar-refractivity contribution < 1.29 is 25.2 Å². The molecule has 4 atom stereocenters. The van der Waals surface area contributed by atoms with E-state index < -0.39 is 35.6 Å². The van der Waals surface area contributed by atoms with Crippen molar-refractivity contribution >= 4 is 30.1 Å². The van der Waals surface area contributed by atoms with Crippen LogP contribution in [0.25, 0.3) is 24.3 Å². The Morgan fingerprint density at radius 1 is 0.468 bits per heavy atom. The van der Waals surface area contributed by atoms with E-state index in [-0.39, 0.29) is 11.1 Å². The molecule has 1 aliphatic rings. The van der Waals surface area contributed by atoms with Crippen LogP contribution >= 0.6 is 0 Å². The minimum atomic E-state index is -1.75. The summed E-state index contributed by atoms with van der Waals surface area (Å²) < 4.78 is 0. The summed E-state index contributed by atoms with van der Waals surface area (Å²) in [7, 11) is 0. The van der Waals surface area contributed by atoms with Crippen molar-refractivity contribution in [2.75, 3.05) is 0 Å². The second kappa shape index (κ2) is 15.9. The van der Waals surface area contributed by atoms with Gasteiger partial charge in [-0.2, -0.15) is 0 Å². The monoisotopic (exact) mass is 622 g/mol. The zero-order chi connectivity index (χ0) is 33.1. The number of hydrogen-bond acceptors (Lipinski definition) is 5. The van der Waals surface area contributed by atoms with Crippen molar-refractivity contribution in [2.45, 2.75) is 24.4 Å². The summed E-state index contributed by atoms with van der Waals surface area (Å²) >= 11 is 0. The lowest BCUT2D eigenvalue weighted by molar-refractivity contribution is -0.112. The van der Waals surface area contributed by atoms with Crippen molar-refractivity contribution in [3.8, 4) is 0 Å². The molecule has 1 aliphatic carbocycles. The van der Waals surface area contributed by atoms with E-state index in [1.807, 2.05) is 121 Å². The maximum absolute atomic E-state index is 13.7. The molecule has 0 fully saturated rings. The molecule has 0 saturated carbocycles. The van der Waals surface area contributed by atoms with Gasteiger partial charge < -0.3 is 20.4 Å². The molecule has 0 radical (unpaired) electrons. The van der Waals surface area contributed by atoms with Gasteiger partial charge in [-0.1, -0.05) is 176 Å². The van der Waals surface area contributed by atoms with Crippen LogP contribution in [-0.2, 0) is 4.79 Å². The maximum Gasteiger partial charge on any atom is 0.184 e. The van der Waals surface area contributed by atoms with E-state index in [1.165, 1.54) is 36.5 Å². The van der Waals surface area contributed by atoms with Crippen molar-refractivity contribution in [2.24, 2.45) is 5.41 Å². The van der Waals surface area contributed by atoms with Crippen LogP contribution in [0.15, 0.2) is 169 Å². The predicted octanol–water partition coefficient (Wildman–Crippen LogP) is 6.71. The third kappa shape index (κ3) is 8.17. The standard InChI is InChI=1S/C42H38O5/c43-35(25-21-31-13-5-1-6-14-31)40-36(44)29-30-42(38(46)27-23-33-17-9-3-10-18-33,39(47)28-24-34-19-11-4-12-20-34)41(40)37(45)26-22-32-15-7-2-8-16-32/h1-30,35,37-39,43,45-47H/b25-21+,26-22+,27-23+,28-24+. The molecule has 0 aromatic heterocycles. The van der Waals surface area contributed by atoms with Crippen LogP contribution in [0, 0.1) is 5.41 Å². The lowest BCUT2D eigenvalue weighted by Crippen LogP contribution is -2.50. The lowest BCUT2D eigenvalue weighted by Gasteiger charge is -2.44. The SMILES string of the molecule is O=C1C=CC(C(O)/C=C/c2ccccc2)(C(O)/C=C/c2ccccc2)C(C(O)/C=C/c2ccccc2)=C1C(O)/C=C/c1ccccc1. The van der Waals surface area contributed by atoms with Gasteiger partial charge in [-0.25, -0.2) is 0 Å². The first-order valence-electron chi connectivity index (χ1n) is 15.5. The number of benzene rings is 4. The fourth-order valence-electron chi connectivity index (χ4n) is 5.75. The fourth-order valence-corrected chi connectivity index (χ4v) is 5.75. The molecule has 5 heteroatoms. The van der Waals surface area contributed by atoms with Gasteiger partial charge in [-0.15, -0.1) is 0 Å². The largest absolute Gasteiger partial charge is 0.388 e. The van der Waals surface area contributed by atoms with E-state index >= 15 is 0 Å². The maximum atomic E-state index is 13.7. The van der Waals surface area contributed by atoms with Gasteiger partial charge in [0.15, 0.2) is 5.78 Å². The first-order valence-corrected chi connectivity index (χ1v) is 15.5. The van der Waals surface area contributed by atoms with Crippen LogP contribution in [-0.4, -0.2) is 50.6 Å². The Morgan fingerprint density at radius 2 is 0.809 bits per heavy atom. The quantitative estimate of drug-likeness (QED) is 0.141. The summed E-state index contributed by atoms with van der Waals surface area (Å²) in [4.78, 5) is 13.7. The highest BCUT2D eigenvalue weighted by atomic mass is 16.3. The van der Waals surface area contributed by atoms with E-state index in [4.69, 9.17) is 0 Å². The Balaban J connectivity index is 1.68. The molecule has 0 bridgehead atoms. The molecule has 0 heterocycles. The van der Waals surface area contributed by atoms with E-state index in [0.29, 0.717) is 0 Å². The highest BCUT2D eigenvalue weighted by molar-refractivity contribution is 6.07. The minimum Gasteiger partial charge on any atom is -0.388 e. The van der Waals surface area contributed by atoms with Gasteiger partial charge in [0, 0.05) is 5.57 Å². The van der Waals surface area contributed by atoms with Gasteiger partial charge in [-0.3, -0.25) is 4.79 Å². The van der Waals surface area contributed by atoms with Crippen molar-refractivity contribution in [3.05, 3.63) is 191 Å². The Kier molecular flexibility index (Phi) is 11.2. The van der Waals surface area contributed by atoms with Crippen LogP contribution in [0.4, 0.5) is 0 Å². The topological polar surface area (TPSA) is 98.0 Å². The van der Waals surface area contributed by atoms with E-state index in [9.17, 15) is 25.2 Å².